The first-order chi connectivity index (χ1) is 8.06. The van der Waals surface area contributed by atoms with E-state index in [2.05, 4.69) is 18.5 Å². The Morgan fingerprint density at radius 2 is 2.06 bits per heavy atom. The van der Waals surface area contributed by atoms with E-state index in [1.165, 1.54) is 18.4 Å². The third-order valence-corrected chi connectivity index (χ3v) is 5.57. The SMILES string of the molecule is CSC1(CNC(C)c2ccc(Cl)c(Cl)c2)CC1. The second-order valence-corrected chi connectivity index (χ2v) is 6.75. The van der Waals surface area contributed by atoms with Crippen LogP contribution in [0, 0.1) is 0 Å². The van der Waals surface area contributed by atoms with Gasteiger partial charge in [0.2, 0.25) is 0 Å². The van der Waals surface area contributed by atoms with E-state index in [9.17, 15) is 0 Å². The maximum atomic E-state index is 6.02. The van der Waals surface area contributed by atoms with E-state index in [0.29, 0.717) is 20.8 Å². The largest absolute Gasteiger partial charge is 0.309 e. The maximum absolute atomic E-state index is 6.02. The Hall–Kier alpha value is 0.110. The van der Waals surface area contributed by atoms with Crippen LogP contribution in [0.1, 0.15) is 31.4 Å². The normalized spacial score (nSPS) is 19.1. The highest BCUT2D eigenvalue weighted by atomic mass is 35.5. The number of hydrogen-bond acceptors (Lipinski definition) is 2. The predicted molar refractivity (Wildman–Crippen MR) is 78.4 cm³/mol. The fraction of sp³-hybridized carbons (Fsp3) is 0.538. The Bertz CT molecular complexity index is 404. The molecule has 1 unspecified atom stereocenters. The fourth-order valence-electron chi connectivity index (χ4n) is 1.83. The Morgan fingerprint density at radius 3 is 2.59 bits per heavy atom. The van der Waals surface area contributed by atoms with Crippen molar-refractivity contribution in [1.82, 2.24) is 5.32 Å². The van der Waals surface area contributed by atoms with Crippen LogP contribution in [-0.4, -0.2) is 17.5 Å². The summed E-state index contributed by atoms with van der Waals surface area (Å²) in [5.41, 5.74) is 1.19. The molecule has 0 radical (unpaired) electrons. The van der Waals surface area contributed by atoms with Gasteiger partial charge in [0.05, 0.1) is 10.0 Å². The molecule has 1 nitrogen and oxygen atoms in total. The lowest BCUT2D eigenvalue weighted by Crippen LogP contribution is -2.28. The molecule has 1 saturated carbocycles. The molecule has 1 aromatic rings. The van der Waals surface area contributed by atoms with Gasteiger partial charge in [0.15, 0.2) is 0 Å². The van der Waals surface area contributed by atoms with Crippen LogP contribution in [0.25, 0.3) is 0 Å². The van der Waals surface area contributed by atoms with Gasteiger partial charge in [-0.3, -0.25) is 0 Å². The average molecular weight is 290 g/mol. The van der Waals surface area contributed by atoms with E-state index in [1.54, 1.807) is 0 Å². The average Bonchev–Trinajstić information content (AvgIpc) is 3.10. The number of thioether (sulfide) groups is 1. The van der Waals surface area contributed by atoms with Crippen LogP contribution in [0.3, 0.4) is 0 Å². The number of nitrogens with one attached hydrogen (secondary N) is 1. The topological polar surface area (TPSA) is 12.0 Å². The van der Waals surface area contributed by atoms with Gasteiger partial charge in [-0.15, -0.1) is 0 Å². The van der Waals surface area contributed by atoms with Crippen LogP contribution in [0.15, 0.2) is 18.2 Å². The Labute approximate surface area is 117 Å². The quantitative estimate of drug-likeness (QED) is 0.854. The van der Waals surface area contributed by atoms with Gasteiger partial charge in [0.1, 0.15) is 0 Å². The highest BCUT2D eigenvalue weighted by Crippen LogP contribution is 2.46. The number of hydrogen-bond donors (Lipinski definition) is 1. The number of benzene rings is 1. The molecule has 2 rings (SSSR count). The molecule has 1 N–H and O–H groups in total. The van der Waals surface area contributed by atoms with Crippen molar-refractivity contribution in [3.05, 3.63) is 33.8 Å². The minimum absolute atomic E-state index is 0.314. The van der Waals surface area contributed by atoms with Crippen molar-refractivity contribution in [1.29, 1.82) is 0 Å². The third-order valence-electron chi connectivity index (χ3n) is 3.41. The number of halogens is 2. The minimum Gasteiger partial charge on any atom is -0.309 e. The summed E-state index contributed by atoms with van der Waals surface area (Å²) in [5, 5.41) is 4.82. The Kier molecular flexibility index (Phi) is 4.30. The zero-order valence-corrected chi connectivity index (χ0v) is 12.4. The summed E-state index contributed by atoms with van der Waals surface area (Å²) in [6, 6.07) is 6.15. The zero-order valence-electron chi connectivity index (χ0n) is 10.1. The molecule has 94 valence electrons. The summed E-state index contributed by atoms with van der Waals surface area (Å²) in [6.07, 6.45) is 4.85. The van der Waals surface area contributed by atoms with Gasteiger partial charge < -0.3 is 5.32 Å². The van der Waals surface area contributed by atoms with Crippen molar-refractivity contribution in [2.24, 2.45) is 0 Å². The van der Waals surface area contributed by atoms with E-state index in [-0.39, 0.29) is 0 Å². The molecule has 0 heterocycles. The van der Waals surface area contributed by atoms with E-state index < -0.39 is 0 Å². The highest BCUT2D eigenvalue weighted by molar-refractivity contribution is 8.00. The molecule has 4 heteroatoms. The van der Waals surface area contributed by atoms with Gasteiger partial charge in [-0.25, -0.2) is 0 Å². The van der Waals surface area contributed by atoms with E-state index >= 15 is 0 Å². The number of rotatable bonds is 5. The monoisotopic (exact) mass is 289 g/mol. The molecule has 1 aliphatic carbocycles. The third kappa shape index (κ3) is 3.31. The first kappa shape index (κ1) is 13.5. The zero-order chi connectivity index (χ0) is 12.5. The van der Waals surface area contributed by atoms with Crippen molar-refractivity contribution in [2.75, 3.05) is 12.8 Å². The van der Waals surface area contributed by atoms with Gasteiger partial charge in [-0.05, 0) is 43.7 Å². The molecular weight excluding hydrogens is 273 g/mol. The summed E-state index contributed by atoms with van der Waals surface area (Å²) >= 11 is 13.9. The predicted octanol–water partition coefficient (Wildman–Crippen LogP) is 4.54. The molecule has 1 fully saturated rings. The van der Waals surface area contributed by atoms with Crippen LogP contribution >= 0.6 is 35.0 Å². The van der Waals surface area contributed by atoms with Gasteiger partial charge >= 0.3 is 0 Å². The smallest absolute Gasteiger partial charge is 0.0595 e. The first-order valence-electron chi connectivity index (χ1n) is 5.80. The van der Waals surface area contributed by atoms with Crippen LogP contribution < -0.4 is 5.32 Å². The lowest BCUT2D eigenvalue weighted by molar-refractivity contribution is 0.563. The van der Waals surface area contributed by atoms with Crippen LogP contribution in [0.5, 0.6) is 0 Å². The van der Waals surface area contributed by atoms with Gasteiger partial charge in [-0.2, -0.15) is 11.8 Å². The molecule has 1 aromatic carbocycles. The Morgan fingerprint density at radius 1 is 1.35 bits per heavy atom. The van der Waals surface area contributed by atoms with Crippen molar-refractivity contribution in [2.45, 2.75) is 30.6 Å². The van der Waals surface area contributed by atoms with Crippen molar-refractivity contribution in [3.63, 3.8) is 0 Å². The van der Waals surface area contributed by atoms with Gasteiger partial charge in [-0.1, -0.05) is 29.3 Å². The summed E-state index contributed by atoms with van der Waals surface area (Å²) in [4.78, 5) is 0. The molecule has 0 saturated heterocycles. The van der Waals surface area contributed by atoms with Crippen molar-refractivity contribution < 1.29 is 0 Å². The van der Waals surface area contributed by atoms with Crippen molar-refractivity contribution in [3.8, 4) is 0 Å². The molecule has 17 heavy (non-hydrogen) atoms. The molecular formula is C13H17Cl2NS. The fourth-order valence-corrected chi connectivity index (χ4v) is 2.88. The van der Waals surface area contributed by atoms with E-state index in [4.69, 9.17) is 23.2 Å². The lowest BCUT2D eigenvalue weighted by Gasteiger charge is -2.19. The minimum atomic E-state index is 0.314. The van der Waals surface area contributed by atoms with Gasteiger partial charge in [0, 0.05) is 17.3 Å². The maximum Gasteiger partial charge on any atom is 0.0595 e. The van der Waals surface area contributed by atoms with Crippen LogP contribution in [0.2, 0.25) is 10.0 Å². The van der Waals surface area contributed by atoms with Crippen LogP contribution in [-0.2, 0) is 0 Å². The second kappa shape index (κ2) is 5.40. The first-order valence-corrected chi connectivity index (χ1v) is 7.78. The molecule has 0 amide bonds. The van der Waals surface area contributed by atoms with Crippen LogP contribution in [0.4, 0.5) is 0 Å². The summed E-state index contributed by atoms with van der Waals surface area (Å²) in [7, 11) is 0. The molecule has 0 spiro atoms. The molecule has 0 aromatic heterocycles. The summed E-state index contributed by atoms with van der Waals surface area (Å²) < 4.78 is 0.491. The summed E-state index contributed by atoms with van der Waals surface area (Å²) in [6.45, 7) is 3.23. The van der Waals surface area contributed by atoms with E-state index in [0.717, 1.165) is 6.54 Å². The highest BCUT2D eigenvalue weighted by Gasteiger charge is 2.41. The molecule has 1 aliphatic rings. The standard InChI is InChI=1S/C13H17Cl2NS/c1-9(16-8-13(17-2)5-6-13)10-3-4-11(14)12(15)7-10/h3-4,7,9,16H,5-6,8H2,1-2H3. The second-order valence-electron chi connectivity index (χ2n) is 4.66. The summed E-state index contributed by atoms with van der Waals surface area (Å²) in [5.74, 6) is 0. The Balaban J connectivity index is 1.95. The van der Waals surface area contributed by atoms with E-state index in [1.807, 2.05) is 30.0 Å². The van der Waals surface area contributed by atoms with Gasteiger partial charge in [0.25, 0.3) is 0 Å². The molecule has 0 aliphatic heterocycles. The lowest BCUT2D eigenvalue weighted by atomic mass is 10.1. The van der Waals surface area contributed by atoms with Crippen molar-refractivity contribution >= 4 is 35.0 Å². The molecule has 1 atom stereocenters. The molecule has 0 bridgehead atoms.